The summed E-state index contributed by atoms with van der Waals surface area (Å²) in [6.07, 6.45) is 5.66. The van der Waals surface area contributed by atoms with E-state index in [0.717, 1.165) is 0 Å². The molecule has 1 aromatic heterocycles. The lowest BCUT2D eigenvalue weighted by molar-refractivity contribution is 0.471. The van der Waals surface area contributed by atoms with Crippen LogP contribution < -0.4 is 17.1 Å². The van der Waals surface area contributed by atoms with E-state index in [2.05, 4.69) is 0 Å². The Balaban J connectivity index is 3.54. The molecule has 1 unspecified atom stereocenters. The number of aromatic nitrogens is 3. The van der Waals surface area contributed by atoms with Crippen LogP contribution in [0.15, 0.2) is 14.4 Å². The topological polar surface area (TPSA) is 66.0 Å². The Morgan fingerprint density at radius 3 is 1.62 bits per heavy atom. The van der Waals surface area contributed by atoms with E-state index >= 15 is 0 Å². The summed E-state index contributed by atoms with van der Waals surface area (Å²) in [4.78, 5) is 37.2. The third-order valence-electron chi connectivity index (χ3n) is 3.08. The maximum absolute atomic E-state index is 12.4. The molecule has 120 valence electrons. The number of thioether (sulfide) groups is 3. The van der Waals surface area contributed by atoms with Gasteiger partial charge in [0.1, 0.15) is 0 Å². The molecule has 0 saturated heterocycles. The van der Waals surface area contributed by atoms with Gasteiger partial charge in [-0.1, -0.05) is 0 Å². The third-order valence-corrected chi connectivity index (χ3v) is 5.15. The lowest BCUT2D eigenvalue weighted by Gasteiger charge is -2.16. The number of hydrogen-bond acceptors (Lipinski definition) is 6. The standard InChI is InChI=1S/C12H21N3O3S3/c1-9(21-4)15-11(17)13(5-7-19-2)10(16)14(12(15)18)6-8-20-3/h9H,5-8H2,1-4H3. The van der Waals surface area contributed by atoms with Gasteiger partial charge in [0.05, 0.1) is 5.37 Å². The number of hydrogen-bond donors (Lipinski definition) is 0. The van der Waals surface area contributed by atoms with Crippen molar-refractivity contribution in [3.8, 4) is 0 Å². The molecule has 0 N–H and O–H groups in total. The zero-order valence-electron chi connectivity index (χ0n) is 12.7. The minimum Gasteiger partial charge on any atom is -0.247 e. The van der Waals surface area contributed by atoms with Gasteiger partial charge in [-0.15, -0.1) is 11.8 Å². The highest BCUT2D eigenvalue weighted by molar-refractivity contribution is 7.98. The lowest BCUT2D eigenvalue weighted by Crippen LogP contribution is -2.55. The highest BCUT2D eigenvalue weighted by atomic mass is 32.2. The Hall–Kier alpha value is -0.540. The largest absolute Gasteiger partial charge is 0.337 e. The maximum atomic E-state index is 12.4. The van der Waals surface area contributed by atoms with E-state index in [1.165, 1.54) is 25.5 Å². The van der Waals surface area contributed by atoms with Crippen molar-refractivity contribution in [1.82, 2.24) is 13.7 Å². The van der Waals surface area contributed by atoms with Crippen molar-refractivity contribution < 1.29 is 0 Å². The Labute approximate surface area is 136 Å². The molecule has 1 rings (SSSR count). The van der Waals surface area contributed by atoms with Crippen molar-refractivity contribution >= 4 is 35.3 Å². The van der Waals surface area contributed by atoms with Gasteiger partial charge in [0.15, 0.2) is 0 Å². The molecule has 0 aliphatic rings. The Kier molecular flexibility index (Phi) is 7.75. The van der Waals surface area contributed by atoms with Crippen LogP contribution in [0, 0.1) is 0 Å². The molecule has 1 aromatic rings. The van der Waals surface area contributed by atoms with E-state index in [1.54, 1.807) is 30.4 Å². The van der Waals surface area contributed by atoms with Crippen molar-refractivity contribution in [1.29, 1.82) is 0 Å². The van der Waals surface area contributed by atoms with E-state index in [-0.39, 0.29) is 5.37 Å². The Bertz CT molecular complexity index is 589. The fourth-order valence-electron chi connectivity index (χ4n) is 1.82. The van der Waals surface area contributed by atoms with Crippen LogP contribution in [0.5, 0.6) is 0 Å². The molecule has 0 aliphatic carbocycles. The second-order valence-corrected chi connectivity index (χ2v) is 7.47. The summed E-state index contributed by atoms with van der Waals surface area (Å²) in [5.74, 6) is 1.31. The van der Waals surface area contributed by atoms with Crippen LogP contribution >= 0.6 is 35.3 Å². The van der Waals surface area contributed by atoms with E-state index < -0.39 is 17.1 Å². The van der Waals surface area contributed by atoms with E-state index in [0.29, 0.717) is 24.6 Å². The molecule has 0 radical (unpaired) electrons. The van der Waals surface area contributed by atoms with Gasteiger partial charge >= 0.3 is 17.1 Å². The predicted octanol–water partition coefficient (Wildman–Crippen LogP) is 0.779. The SMILES string of the molecule is CSCCn1c(=O)n(CCSC)c(=O)n(C(C)SC)c1=O. The number of rotatable bonds is 8. The highest BCUT2D eigenvalue weighted by Crippen LogP contribution is 2.13. The molecule has 0 bridgehead atoms. The molecule has 0 saturated carbocycles. The van der Waals surface area contributed by atoms with Gasteiger partial charge in [-0.05, 0) is 25.7 Å². The van der Waals surface area contributed by atoms with Crippen molar-refractivity contribution in [3.05, 3.63) is 31.5 Å². The summed E-state index contributed by atoms with van der Waals surface area (Å²) in [7, 11) is 0. The van der Waals surface area contributed by atoms with Crippen LogP contribution in [0.25, 0.3) is 0 Å². The van der Waals surface area contributed by atoms with Gasteiger partial charge in [0, 0.05) is 24.6 Å². The quantitative estimate of drug-likeness (QED) is 0.690. The second kappa shape index (κ2) is 8.79. The van der Waals surface area contributed by atoms with Crippen LogP contribution in [-0.2, 0) is 13.1 Å². The molecule has 0 spiro atoms. The molecule has 0 amide bonds. The van der Waals surface area contributed by atoms with Crippen LogP contribution in [0.1, 0.15) is 12.3 Å². The summed E-state index contributed by atoms with van der Waals surface area (Å²) in [5, 5.41) is -0.299. The number of nitrogens with zero attached hydrogens (tertiary/aromatic N) is 3. The molecule has 6 nitrogen and oxygen atoms in total. The summed E-state index contributed by atoms with van der Waals surface area (Å²) < 4.78 is 3.52. The smallest absolute Gasteiger partial charge is 0.247 e. The van der Waals surface area contributed by atoms with E-state index in [9.17, 15) is 14.4 Å². The summed E-state index contributed by atoms with van der Waals surface area (Å²) in [6, 6.07) is 0. The van der Waals surface area contributed by atoms with E-state index in [1.807, 2.05) is 18.8 Å². The van der Waals surface area contributed by atoms with Gasteiger partial charge < -0.3 is 0 Å². The van der Waals surface area contributed by atoms with Crippen LogP contribution in [-0.4, -0.2) is 44.0 Å². The van der Waals surface area contributed by atoms with Crippen molar-refractivity contribution in [2.45, 2.75) is 25.4 Å². The molecule has 0 aromatic carbocycles. The molecule has 0 fully saturated rings. The molecule has 1 heterocycles. The van der Waals surface area contributed by atoms with E-state index in [4.69, 9.17) is 0 Å². The van der Waals surface area contributed by atoms with Crippen LogP contribution in [0.2, 0.25) is 0 Å². The van der Waals surface area contributed by atoms with Crippen LogP contribution in [0.3, 0.4) is 0 Å². The third kappa shape index (κ3) is 4.23. The molecular formula is C12H21N3O3S3. The van der Waals surface area contributed by atoms with Gasteiger partial charge in [0.2, 0.25) is 0 Å². The van der Waals surface area contributed by atoms with Gasteiger partial charge in [-0.3, -0.25) is 0 Å². The first-order valence-electron chi connectivity index (χ1n) is 6.46. The monoisotopic (exact) mass is 351 g/mol. The van der Waals surface area contributed by atoms with Crippen molar-refractivity contribution in [2.75, 3.05) is 30.3 Å². The first-order chi connectivity index (χ1) is 9.99. The fourth-order valence-corrected chi connectivity index (χ4v) is 2.94. The fraction of sp³-hybridized carbons (Fsp3) is 0.750. The molecule has 9 heteroatoms. The van der Waals surface area contributed by atoms with Crippen molar-refractivity contribution in [3.63, 3.8) is 0 Å². The minimum atomic E-state index is -0.513. The lowest BCUT2D eigenvalue weighted by atomic mass is 10.6. The highest BCUT2D eigenvalue weighted by Gasteiger charge is 2.18. The first-order valence-corrected chi connectivity index (χ1v) is 10.5. The molecule has 0 aliphatic heterocycles. The maximum Gasteiger partial charge on any atom is 0.337 e. The Morgan fingerprint density at radius 2 is 1.29 bits per heavy atom. The Morgan fingerprint density at radius 1 is 0.857 bits per heavy atom. The normalized spacial score (nSPS) is 12.6. The molecule has 21 heavy (non-hydrogen) atoms. The average molecular weight is 352 g/mol. The summed E-state index contributed by atoms with van der Waals surface area (Å²) >= 11 is 4.52. The zero-order chi connectivity index (χ0) is 16.0. The first kappa shape index (κ1) is 18.5. The van der Waals surface area contributed by atoms with Gasteiger partial charge in [0.25, 0.3) is 0 Å². The predicted molar refractivity (Wildman–Crippen MR) is 94.2 cm³/mol. The average Bonchev–Trinajstić information content (AvgIpc) is 2.46. The molecular weight excluding hydrogens is 330 g/mol. The minimum absolute atomic E-state index is 0.299. The zero-order valence-corrected chi connectivity index (χ0v) is 15.1. The van der Waals surface area contributed by atoms with Crippen molar-refractivity contribution in [2.24, 2.45) is 0 Å². The summed E-state index contributed by atoms with van der Waals surface area (Å²) in [5.41, 5.74) is -1.53. The van der Waals surface area contributed by atoms with Gasteiger partial charge in [-0.2, -0.15) is 23.5 Å². The van der Waals surface area contributed by atoms with Crippen LogP contribution in [0.4, 0.5) is 0 Å². The van der Waals surface area contributed by atoms with Gasteiger partial charge in [-0.25, -0.2) is 28.1 Å². The molecule has 1 atom stereocenters. The summed E-state index contributed by atoms with van der Waals surface area (Å²) in [6.45, 7) is 2.43. The second-order valence-electron chi connectivity index (χ2n) is 4.34.